The predicted molar refractivity (Wildman–Crippen MR) is 104 cm³/mol. The van der Waals surface area contributed by atoms with Crippen LogP contribution < -0.4 is 0 Å². The topological polar surface area (TPSA) is 79.0 Å². The number of hydrogen-bond donors (Lipinski definition) is 0. The van der Waals surface area contributed by atoms with E-state index in [1.54, 1.807) is 35.0 Å². The van der Waals surface area contributed by atoms with Crippen molar-refractivity contribution >= 4 is 11.8 Å². The lowest BCUT2D eigenvalue weighted by molar-refractivity contribution is 0.0581. The molecule has 2 amide bonds. The number of nitrogens with zero attached hydrogens (tertiary/aromatic N) is 4. The molecule has 4 rings (SSSR count). The van der Waals surface area contributed by atoms with Crippen LogP contribution in [0.5, 0.6) is 0 Å². The Kier molecular flexibility index (Phi) is 4.28. The third kappa shape index (κ3) is 2.87. The van der Waals surface area contributed by atoms with E-state index in [4.69, 9.17) is 5.26 Å². The molecule has 1 aliphatic rings. The molecule has 3 aromatic rings. The molecule has 0 spiro atoms. The molecule has 0 N–H and O–H groups in total. The standard InChI is InChI=1S/C22H18N4O2/c1-14-11-16(7-8-17(14)12-23)20-9-10-25(24-20)13-15(2)26-21(27)18-5-3-4-6-19(18)22(26)28/h3-11,15H,13H2,1-2H3. The van der Waals surface area contributed by atoms with Crippen LogP contribution in [0.25, 0.3) is 11.3 Å². The lowest BCUT2D eigenvalue weighted by atomic mass is 10.0. The molecule has 2 heterocycles. The van der Waals surface area contributed by atoms with Gasteiger partial charge in [0.05, 0.1) is 41.0 Å². The Hall–Kier alpha value is -3.72. The Morgan fingerprint density at radius 1 is 1.07 bits per heavy atom. The summed E-state index contributed by atoms with van der Waals surface area (Å²) < 4.78 is 1.73. The van der Waals surface area contributed by atoms with Crippen LogP contribution in [-0.4, -0.2) is 32.5 Å². The number of nitriles is 1. The first kappa shape index (κ1) is 17.7. The summed E-state index contributed by atoms with van der Waals surface area (Å²) in [4.78, 5) is 26.5. The molecule has 0 radical (unpaired) electrons. The van der Waals surface area contributed by atoms with E-state index in [0.29, 0.717) is 23.2 Å². The fourth-order valence-electron chi connectivity index (χ4n) is 3.53. The normalized spacial score (nSPS) is 14.1. The molecular formula is C22H18N4O2. The molecule has 0 saturated carbocycles. The summed E-state index contributed by atoms with van der Waals surface area (Å²) in [5, 5.41) is 13.6. The van der Waals surface area contributed by atoms with Crippen molar-refractivity contribution in [3.8, 4) is 17.3 Å². The summed E-state index contributed by atoms with van der Waals surface area (Å²) in [5.41, 5.74) is 4.14. The highest BCUT2D eigenvalue weighted by molar-refractivity contribution is 6.21. The number of aryl methyl sites for hydroxylation is 1. The van der Waals surface area contributed by atoms with Crippen molar-refractivity contribution in [1.29, 1.82) is 5.26 Å². The highest BCUT2D eigenvalue weighted by atomic mass is 16.2. The first-order valence-corrected chi connectivity index (χ1v) is 9.01. The molecule has 1 aliphatic heterocycles. The minimum atomic E-state index is -0.331. The number of rotatable bonds is 4. The van der Waals surface area contributed by atoms with Crippen LogP contribution in [0.2, 0.25) is 0 Å². The number of benzene rings is 2. The molecule has 138 valence electrons. The highest BCUT2D eigenvalue weighted by Gasteiger charge is 2.38. The van der Waals surface area contributed by atoms with E-state index in [2.05, 4.69) is 11.2 Å². The van der Waals surface area contributed by atoms with Crippen LogP contribution in [0.4, 0.5) is 0 Å². The summed E-state index contributed by atoms with van der Waals surface area (Å²) in [6.07, 6.45) is 1.83. The molecule has 0 bridgehead atoms. The van der Waals surface area contributed by atoms with Crippen LogP contribution in [-0.2, 0) is 6.54 Å². The quantitative estimate of drug-likeness (QED) is 0.659. The van der Waals surface area contributed by atoms with E-state index in [1.165, 1.54) is 4.90 Å². The minimum absolute atomic E-state index is 0.261. The molecule has 2 aromatic carbocycles. The van der Waals surface area contributed by atoms with Crippen molar-refractivity contribution in [2.75, 3.05) is 0 Å². The van der Waals surface area contributed by atoms with Gasteiger partial charge in [-0.05, 0) is 49.7 Å². The maximum Gasteiger partial charge on any atom is 0.261 e. The maximum atomic E-state index is 12.6. The molecule has 6 nitrogen and oxygen atoms in total. The van der Waals surface area contributed by atoms with Crippen LogP contribution in [0.1, 0.15) is 38.8 Å². The summed E-state index contributed by atoms with van der Waals surface area (Å²) >= 11 is 0. The highest BCUT2D eigenvalue weighted by Crippen LogP contribution is 2.25. The molecule has 28 heavy (non-hydrogen) atoms. The number of hydrogen-bond acceptors (Lipinski definition) is 4. The van der Waals surface area contributed by atoms with E-state index in [0.717, 1.165) is 16.8 Å². The van der Waals surface area contributed by atoms with Gasteiger partial charge in [0.2, 0.25) is 0 Å². The van der Waals surface area contributed by atoms with Crippen molar-refractivity contribution in [2.24, 2.45) is 0 Å². The van der Waals surface area contributed by atoms with Gasteiger partial charge >= 0.3 is 0 Å². The first-order valence-electron chi connectivity index (χ1n) is 9.01. The number of amides is 2. The van der Waals surface area contributed by atoms with Crippen molar-refractivity contribution in [3.63, 3.8) is 0 Å². The lowest BCUT2D eigenvalue weighted by Crippen LogP contribution is -2.40. The molecule has 0 fully saturated rings. The molecule has 1 atom stereocenters. The molecule has 0 saturated heterocycles. The Morgan fingerprint density at radius 2 is 1.75 bits per heavy atom. The maximum absolute atomic E-state index is 12.6. The van der Waals surface area contributed by atoms with E-state index in [1.807, 2.05) is 38.2 Å². The van der Waals surface area contributed by atoms with Gasteiger partial charge in [0.15, 0.2) is 0 Å². The summed E-state index contributed by atoms with van der Waals surface area (Å²) in [6.45, 7) is 4.14. The number of carbonyl (C=O) groups is 2. The van der Waals surface area contributed by atoms with Crippen LogP contribution in [0, 0.1) is 18.3 Å². The van der Waals surface area contributed by atoms with Gasteiger partial charge in [0, 0.05) is 11.8 Å². The average Bonchev–Trinajstić information content (AvgIpc) is 3.25. The average molecular weight is 370 g/mol. The Bertz CT molecular complexity index is 1100. The predicted octanol–water partition coefficient (Wildman–Crippen LogP) is 3.41. The van der Waals surface area contributed by atoms with Crippen LogP contribution >= 0.6 is 0 Å². The SMILES string of the molecule is Cc1cc(-c2ccn(CC(C)N3C(=O)c4ccccc4C3=O)n2)ccc1C#N. The third-order valence-electron chi connectivity index (χ3n) is 5.00. The van der Waals surface area contributed by atoms with Crippen molar-refractivity contribution in [1.82, 2.24) is 14.7 Å². The number of aromatic nitrogens is 2. The van der Waals surface area contributed by atoms with Gasteiger partial charge in [0.1, 0.15) is 0 Å². The monoisotopic (exact) mass is 370 g/mol. The van der Waals surface area contributed by atoms with Gasteiger partial charge in [-0.15, -0.1) is 0 Å². The Labute approximate surface area is 162 Å². The van der Waals surface area contributed by atoms with Crippen molar-refractivity contribution in [2.45, 2.75) is 26.4 Å². The fraction of sp³-hybridized carbons (Fsp3) is 0.182. The second-order valence-electron chi connectivity index (χ2n) is 6.94. The van der Waals surface area contributed by atoms with Gasteiger partial charge < -0.3 is 0 Å². The first-order chi connectivity index (χ1) is 13.5. The van der Waals surface area contributed by atoms with E-state index in [-0.39, 0.29) is 17.9 Å². The third-order valence-corrected chi connectivity index (χ3v) is 5.00. The smallest absolute Gasteiger partial charge is 0.261 e. The zero-order valence-electron chi connectivity index (χ0n) is 15.6. The second kappa shape index (κ2) is 6.78. The molecular weight excluding hydrogens is 352 g/mol. The Balaban J connectivity index is 1.53. The van der Waals surface area contributed by atoms with E-state index in [9.17, 15) is 9.59 Å². The van der Waals surface area contributed by atoms with E-state index >= 15 is 0 Å². The van der Waals surface area contributed by atoms with Gasteiger partial charge in [-0.1, -0.05) is 18.2 Å². The molecule has 1 aromatic heterocycles. The Morgan fingerprint density at radius 3 is 2.36 bits per heavy atom. The number of imide groups is 1. The van der Waals surface area contributed by atoms with Crippen LogP contribution in [0.15, 0.2) is 54.7 Å². The number of carbonyl (C=O) groups excluding carboxylic acids is 2. The zero-order chi connectivity index (χ0) is 19.8. The fourth-order valence-corrected chi connectivity index (χ4v) is 3.53. The van der Waals surface area contributed by atoms with Gasteiger partial charge in [0.25, 0.3) is 11.8 Å². The second-order valence-corrected chi connectivity index (χ2v) is 6.94. The molecule has 0 aliphatic carbocycles. The molecule has 6 heteroatoms. The van der Waals surface area contributed by atoms with Crippen LogP contribution in [0.3, 0.4) is 0 Å². The summed E-state index contributed by atoms with van der Waals surface area (Å²) in [6, 6.07) is 16.2. The summed E-state index contributed by atoms with van der Waals surface area (Å²) in [5.74, 6) is -0.522. The number of fused-ring (bicyclic) bond motifs is 1. The van der Waals surface area contributed by atoms with E-state index < -0.39 is 0 Å². The van der Waals surface area contributed by atoms with Gasteiger partial charge in [-0.3, -0.25) is 19.2 Å². The van der Waals surface area contributed by atoms with Gasteiger partial charge in [-0.2, -0.15) is 10.4 Å². The minimum Gasteiger partial charge on any atom is -0.270 e. The van der Waals surface area contributed by atoms with Gasteiger partial charge in [-0.25, -0.2) is 0 Å². The van der Waals surface area contributed by atoms with Crippen molar-refractivity contribution < 1.29 is 9.59 Å². The zero-order valence-corrected chi connectivity index (χ0v) is 15.6. The molecule has 1 unspecified atom stereocenters. The lowest BCUT2D eigenvalue weighted by Gasteiger charge is -2.22. The van der Waals surface area contributed by atoms with Crippen molar-refractivity contribution in [3.05, 3.63) is 77.0 Å². The largest absolute Gasteiger partial charge is 0.270 e. The summed E-state index contributed by atoms with van der Waals surface area (Å²) in [7, 11) is 0.